The maximum absolute atomic E-state index is 13.4. The van der Waals surface area contributed by atoms with Crippen LogP contribution in [0.5, 0.6) is 0 Å². The molecule has 2 aromatic rings. The number of halogens is 6. The molecule has 0 fully saturated rings. The number of nitrogens with one attached hydrogen (secondary N) is 1. The van der Waals surface area contributed by atoms with Crippen molar-refractivity contribution >= 4 is 143 Å². The van der Waals surface area contributed by atoms with Crippen LogP contribution in [0.3, 0.4) is 0 Å². The highest BCUT2D eigenvalue weighted by atomic mass is 127. The smallest absolute Gasteiger partial charge is 0.329 e. The lowest BCUT2D eigenvalue weighted by molar-refractivity contribution is -0.151. The minimum atomic E-state index is -1.17. The van der Waals surface area contributed by atoms with E-state index in [1.807, 2.05) is 13.8 Å². The van der Waals surface area contributed by atoms with Gasteiger partial charge in [-0.3, -0.25) is 19.3 Å². The molecule has 0 saturated carbocycles. The van der Waals surface area contributed by atoms with E-state index in [0.29, 0.717) is 23.3 Å². The molecule has 1 aliphatic rings. The highest BCUT2D eigenvalue weighted by molar-refractivity contribution is 14.1. The normalized spacial score (nSPS) is 13.8. The molecule has 3 rings (SSSR count). The van der Waals surface area contributed by atoms with Crippen LogP contribution in [0, 0.1) is 20.2 Å². The van der Waals surface area contributed by atoms with Crippen LogP contribution in [0.2, 0.25) is 10.0 Å². The van der Waals surface area contributed by atoms with Crippen molar-refractivity contribution in [3.05, 3.63) is 53.7 Å². The number of rotatable bonds is 7. The van der Waals surface area contributed by atoms with Crippen LogP contribution >= 0.6 is 114 Å². The average molecular weight is 967 g/mol. The van der Waals surface area contributed by atoms with Gasteiger partial charge in [0.2, 0.25) is 0 Å². The van der Waals surface area contributed by atoms with Crippen LogP contribution in [0.4, 0.5) is 5.69 Å². The fraction of sp³-hybridized carbons (Fsp3) is 0.273. The zero-order chi connectivity index (χ0) is 26.2. The zero-order valence-corrected chi connectivity index (χ0v) is 28.2. The maximum Gasteiger partial charge on any atom is 0.329 e. The second-order valence-corrected chi connectivity index (χ2v) is 13.1. The molecule has 186 valence electrons. The van der Waals surface area contributed by atoms with Gasteiger partial charge in [0.1, 0.15) is 6.04 Å². The first kappa shape index (κ1) is 29.6. The van der Waals surface area contributed by atoms with Gasteiger partial charge in [0, 0.05) is 19.3 Å². The van der Waals surface area contributed by atoms with Crippen molar-refractivity contribution in [1.82, 2.24) is 4.90 Å². The molecule has 0 bridgehead atoms. The van der Waals surface area contributed by atoms with E-state index >= 15 is 0 Å². The summed E-state index contributed by atoms with van der Waals surface area (Å²) >= 11 is 20.4. The molecule has 1 unspecified atom stereocenters. The Morgan fingerprint density at radius 1 is 0.971 bits per heavy atom. The Morgan fingerprint density at radius 3 is 2.03 bits per heavy atom. The minimum absolute atomic E-state index is 0.0330. The lowest BCUT2D eigenvalue weighted by atomic mass is 10.0. The van der Waals surface area contributed by atoms with Crippen molar-refractivity contribution in [2.24, 2.45) is 5.92 Å². The lowest BCUT2D eigenvalue weighted by Gasteiger charge is -2.26. The zero-order valence-electron chi connectivity index (χ0n) is 18.1. The monoisotopic (exact) mass is 966 g/mol. The van der Waals surface area contributed by atoms with Gasteiger partial charge in [-0.05, 0) is 121 Å². The van der Waals surface area contributed by atoms with Gasteiger partial charge in [0.05, 0.1) is 21.8 Å². The van der Waals surface area contributed by atoms with E-state index in [-0.39, 0.29) is 23.0 Å². The predicted molar refractivity (Wildman–Crippen MR) is 167 cm³/mol. The van der Waals surface area contributed by atoms with E-state index in [1.54, 1.807) is 6.07 Å². The van der Waals surface area contributed by atoms with Gasteiger partial charge in [-0.25, -0.2) is 4.79 Å². The van der Waals surface area contributed by atoms with Gasteiger partial charge < -0.3 is 10.1 Å². The minimum Gasteiger partial charge on any atom is -0.454 e. The van der Waals surface area contributed by atoms with Crippen LogP contribution < -0.4 is 5.32 Å². The standard InChI is InChI=1S/C22H16Cl2I4N2O5/c1-8(2)5-12(22(34)35-7-13(31)29-11-6-9(23)3-4-10(11)24)30-20(32)14-15(21(30)33)17(26)19(28)18(27)16(14)25/h3-4,6,8,12H,5,7H2,1-2H3,(H,29,31). The molecule has 1 N–H and O–H groups in total. The fourth-order valence-corrected chi connectivity index (χ4v) is 7.40. The van der Waals surface area contributed by atoms with Gasteiger partial charge in [-0.15, -0.1) is 0 Å². The SMILES string of the molecule is CC(C)CC(C(=O)OCC(=O)Nc1cc(Cl)ccc1Cl)N1C(=O)c2c(I)c(I)c(I)c(I)c2C1=O. The van der Waals surface area contributed by atoms with Crippen molar-refractivity contribution in [1.29, 1.82) is 0 Å². The molecule has 35 heavy (non-hydrogen) atoms. The quantitative estimate of drug-likeness (QED) is 0.111. The number of nitrogens with zero attached hydrogens (tertiary/aromatic N) is 1. The lowest BCUT2D eigenvalue weighted by Crippen LogP contribution is -2.47. The molecule has 0 spiro atoms. The summed E-state index contributed by atoms with van der Waals surface area (Å²) in [5.41, 5.74) is 0.854. The molecule has 0 aromatic heterocycles. The largest absolute Gasteiger partial charge is 0.454 e. The van der Waals surface area contributed by atoms with E-state index in [9.17, 15) is 19.2 Å². The van der Waals surface area contributed by atoms with E-state index < -0.39 is 36.3 Å². The fourth-order valence-electron chi connectivity index (χ4n) is 3.42. The maximum atomic E-state index is 13.4. The number of benzene rings is 2. The molecule has 7 nitrogen and oxygen atoms in total. The van der Waals surface area contributed by atoms with Crippen molar-refractivity contribution in [2.75, 3.05) is 11.9 Å². The van der Waals surface area contributed by atoms with Crippen molar-refractivity contribution in [2.45, 2.75) is 26.3 Å². The second-order valence-electron chi connectivity index (χ2n) is 7.91. The number of ether oxygens (including phenoxy) is 1. The highest BCUT2D eigenvalue weighted by Gasteiger charge is 2.47. The summed E-state index contributed by atoms with van der Waals surface area (Å²) < 4.78 is 8.31. The van der Waals surface area contributed by atoms with E-state index in [1.165, 1.54) is 12.1 Å². The number of amides is 3. The molecule has 0 saturated heterocycles. The predicted octanol–water partition coefficient (Wildman–Crippen LogP) is 6.60. The number of carbonyl (C=O) groups is 4. The average Bonchev–Trinajstić information content (AvgIpc) is 3.05. The summed E-state index contributed by atoms with van der Waals surface area (Å²) in [4.78, 5) is 53.2. The summed E-state index contributed by atoms with van der Waals surface area (Å²) in [5, 5.41) is 3.17. The Labute approximate surface area is 266 Å². The Hall–Kier alpha value is 0.0200. The van der Waals surface area contributed by atoms with Gasteiger partial charge in [-0.1, -0.05) is 37.0 Å². The molecule has 0 radical (unpaired) electrons. The number of anilines is 1. The molecule has 13 heteroatoms. The van der Waals surface area contributed by atoms with Crippen LogP contribution in [0.25, 0.3) is 0 Å². The Kier molecular flexibility index (Phi) is 10.4. The molecule has 0 aliphatic carbocycles. The summed E-state index contributed by atoms with van der Waals surface area (Å²) in [7, 11) is 0. The number of fused-ring (bicyclic) bond motifs is 1. The van der Waals surface area contributed by atoms with Crippen LogP contribution in [0.15, 0.2) is 18.2 Å². The van der Waals surface area contributed by atoms with Gasteiger partial charge in [0.25, 0.3) is 17.7 Å². The number of hydrogen-bond acceptors (Lipinski definition) is 5. The summed E-state index contributed by atoms with van der Waals surface area (Å²) in [6.45, 7) is 3.11. The first-order valence-electron chi connectivity index (χ1n) is 10.0. The Morgan fingerprint density at radius 2 is 1.51 bits per heavy atom. The van der Waals surface area contributed by atoms with Crippen molar-refractivity contribution in [3.8, 4) is 0 Å². The Bertz CT molecular complexity index is 1210. The first-order chi connectivity index (χ1) is 16.3. The number of imide groups is 1. The van der Waals surface area contributed by atoms with E-state index in [0.717, 1.165) is 12.0 Å². The topological polar surface area (TPSA) is 92.8 Å². The number of carbonyl (C=O) groups excluding carboxylic acids is 4. The summed E-state index contributed by atoms with van der Waals surface area (Å²) in [6, 6.07) is 3.39. The van der Waals surface area contributed by atoms with Crippen molar-refractivity contribution in [3.63, 3.8) is 0 Å². The summed E-state index contributed by atoms with van der Waals surface area (Å²) in [5.74, 6) is -2.59. The van der Waals surface area contributed by atoms with E-state index in [4.69, 9.17) is 27.9 Å². The number of hydrogen-bond donors (Lipinski definition) is 1. The molecule has 1 atom stereocenters. The second kappa shape index (κ2) is 12.3. The van der Waals surface area contributed by atoms with Gasteiger partial charge >= 0.3 is 5.97 Å². The molecule has 1 heterocycles. The van der Waals surface area contributed by atoms with Crippen LogP contribution in [0.1, 0.15) is 41.0 Å². The van der Waals surface area contributed by atoms with E-state index in [2.05, 4.69) is 95.7 Å². The molecule has 3 amide bonds. The van der Waals surface area contributed by atoms with Gasteiger partial charge in [-0.2, -0.15) is 0 Å². The highest BCUT2D eigenvalue weighted by Crippen LogP contribution is 2.39. The third kappa shape index (κ3) is 6.37. The van der Waals surface area contributed by atoms with Crippen LogP contribution in [-0.4, -0.2) is 41.2 Å². The molecule has 1 aliphatic heterocycles. The van der Waals surface area contributed by atoms with Gasteiger partial charge in [0.15, 0.2) is 6.61 Å². The molecular formula is C22H16Cl2I4N2O5. The Balaban J connectivity index is 1.83. The van der Waals surface area contributed by atoms with Crippen LogP contribution in [-0.2, 0) is 14.3 Å². The molecular weight excluding hydrogens is 951 g/mol. The van der Waals surface area contributed by atoms with Crippen molar-refractivity contribution < 1.29 is 23.9 Å². The first-order valence-corrected chi connectivity index (χ1v) is 15.1. The third-order valence-corrected chi connectivity index (χ3v) is 12.9. The summed E-state index contributed by atoms with van der Waals surface area (Å²) in [6.07, 6.45) is 0.188. The number of esters is 1. The molecule has 2 aromatic carbocycles. The third-order valence-electron chi connectivity index (χ3n) is 4.96.